The van der Waals surface area contributed by atoms with E-state index in [9.17, 15) is 4.79 Å². The Morgan fingerprint density at radius 3 is 2.73 bits per heavy atom. The first-order valence-corrected chi connectivity index (χ1v) is 4.58. The second-order valence-electron chi connectivity index (χ2n) is 2.64. The summed E-state index contributed by atoms with van der Waals surface area (Å²) in [6.07, 6.45) is 1.49. The van der Waals surface area contributed by atoms with Crippen LogP contribution in [0.2, 0.25) is 5.02 Å². The molecule has 0 bridgehead atoms. The predicted octanol–water partition coefficient (Wildman–Crippen LogP) is 1.86. The first-order chi connectivity index (χ1) is 7.22. The van der Waals surface area contributed by atoms with E-state index in [1.165, 1.54) is 13.3 Å². The van der Waals surface area contributed by atoms with E-state index in [1.807, 2.05) is 0 Å². The molecule has 0 aliphatic heterocycles. The lowest BCUT2D eigenvalue weighted by Crippen LogP contribution is -2.07. The smallest absolute Gasteiger partial charge is 0.346 e. The second kappa shape index (κ2) is 6.03. The van der Waals surface area contributed by atoms with Crippen molar-refractivity contribution in [3.05, 3.63) is 34.9 Å². The molecule has 0 N–H and O–H groups in total. The molecule has 0 saturated heterocycles. The zero-order valence-corrected chi connectivity index (χ0v) is 8.90. The van der Waals surface area contributed by atoms with Gasteiger partial charge in [0.2, 0.25) is 6.61 Å². The van der Waals surface area contributed by atoms with Gasteiger partial charge in [-0.2, -0.15) is 0 Å². The molecule has 0 fully saturated rings. The van der Waals surface area contributed by atoms with Gasteiger partial charge in [-0.25, -0.2) is 4.79 Å². The maximum Gasteiger partial charge on any atom is 0.346 e. The molecule has 4 nitrogen and oxygen atoms in total. The van der Waals surface area contributed by atoms with E-state index in [0.29, 0.717) is 5.02 Å². The van der Waals surface area contributed by atoms with Gasteiger partial charge < -0.3 is 9.57 Å². The molecule has 1 aromatic rings. The average Bonchev–Trinajstić information content (AvgIpc) is 2.26. The van der Waals surface area contributed by atoms with Gasteiger partial charge in [0, 0.05) is 5.02 Å². The lowest BCUT2D eigenvalue weighted by atomic mass is 10.2. The number of rotatable bonds is 4. The molecule has 1 aromatic carbocycles. The second-order valence-corrected chi connectivity index (χ2v) is 3.07. The molecule has 0 heterocycles. The Kier molecular flexibility index (Phi) is 4.63. The lowest BCUT2D eigenvalue weighted by Gasteiger charge is -1.96. The van der Waals surface area contributed by atoms with Crippen molar-refractivity contribution < 1.29 is 14.4 Å². The van der Waals surface area contributed by atoms with Crippen molar-refractivity contribution in [3.8, 4) is 0 Å². The van der Waals surface area contributed by atoms with Gasteiger partial charge in [-0.05, 0) is 17.7 Å². The van der Waals surface area contributed by atoms with Crippen LogP contribution in [0.3, 0.4) is 0 Å². The average molecular weight is 228 g/mol. The summed E-state index contributed by atoms with van der Waals surface area (Å²) >= 11 is 5.70. The molecule has 1 rings (SSSR count). The fourth-order valence-corrected chi connectivity index (χ4v) is 0.922. The van der Waals surface area contributed by atoms with Crippen molar-refractivity contribution in [2.75, 3.05) is 13.7 Å². The maximum absolute atomic E-state index is 10.6. The monoisotopic (exact) mass is 227 g/mol. The van der Waals surface area contributed by atoms with Crippen LogP contribution >= 0.6 is 11.6 Å². The van der Waals surface area contributed by atoms with E-state index in [0.717, 1.165) is 5.56 Å². The van der Waals surface area contributed by atoms with Crippen LogP contribution in [-0.4, -0.2) is 25.9 Å². The minimum absolute atomic E-state index is 0.194. The topological polar surface area (TPSA) is 47.9 Å². The molecular formula is C10H10ClNO3. The quantitative estimate of drug-likeness (QED) is 0.448. The maximum atomic E-state index is 10.6. The number of oxime groups is 1. The van der Waals surface area contributed by atoms with Crippen LogP contribution in [0.15, 0.2) is 29.4 Å². The van der Waals surface area contributed by atoms with E-state index in [-0.39, 0.29) is 6.61 Å². The van der Waals surface area contributed by atoms with Gasteiger partial charge in [-0.3, -0.25) is 0 Å². The van der Waals surface area contributed by atoms with E-state index in [2.05, 4.69) is 14.7 Å². The zero-order valence-electron chi connectivity index (χ0n) is 8.14. The van der Waals surface area contributed by atoms with Crippen LogP contribution in [0, 0.1) is 0 Å². The Morgan fingerprint density at radius 2 is 2.13 bits per heavy atom. The SMILES string of the molecule is COC(=O)CO/N=C/c1ccc(Cl)cc1. The van der Waals surface area contributed by atoms with E-state index >= 15 is 0 Å². The molecule has 0 spiro atoms. The number of benzene rings is 1. The molecule has 0 aliphatic carbocycles. The summed E-state index contributed by atoms with van der Waals surface area (Å²) in [5, 5.41) is 4.25. The van der Waals surface area contributed by atoms with Crippen LogP contribution in [0.5, 0.6) is 0 Å². The summed E-state index contributed by atoms with van der Waals surface area (Å²) in [5.74, 6) is -0.469. The highest BCUT2D eigenvalue weighted by molar-refractivity contribution is 6.30. The summed E-state index contributed by atoms with van der Waals surface area (Å²) in [4.78, 5) is 15.3. The highest BCUT2D eigenvalue weighted by Gasteiger charge is 1.97. The Hall–Kier alpha value is -1.55. The summed E-state index contributed by atoms with van der Waals surface area (Å²) in [5.41, 5.74) is 0.837. The molecule has 0 unspecified atom stereocenters. The van der Waals surface area contributed by atoms with Crippen LogP contribution in [0.25, 0.3) is 0 Å². The fourth-order valence-electron chi connectivity index (χ4n) is 0.796. The summed E-state index contributed by atoms with van der Waals surface area (Å²) < 4.78 is 4.36. The number of carbonyl (C=O) groups excluding carboxylic acids is 1. The van der Waals surface area contributed by atoms with Crippen molar-refractivity contribution in [2.24, 2.45) is 5.16 Å². The molecule has 0 amide bonds. The van der Waals surface area contributed by atoms with Gasteiger partial charge in [-0.15, -0.1) is 0 Å². The van der Waals surface area contributed by atoms with Gasteiger partial charge in [0.25, 0.3) is 0 Å². The Labute approximate surface area is 92.4 Å². The molecule has 5 heteroatoms. The Bertz CT molecular complexity index is 348. The van der Waals surface area contributed by atoms with E-state index < -0.39 is 5.97 Å². The third-order valence-corrected chi connectivity index (χ3v) is 1.81. The van der Waals surface area contributed by atoms with Gasteiger partial charge in [-0.1, -0.05) is 28.9 Å². The van der Waals surface area contributed by atoms with Crippen LogP contribution < -0.4 is 0 Å². The Balaban J connectivity index is 2.38. The number of methoxy groups -OCH3 is 1. The van der Waals surface area contributed by atoms with Gasteiger partial charge in [0.15, 0.2) is 0 Å². The van der Waals surface area contributed by atoms with E-state index in [4.69, 9.17) is 11.6 Å². The van der Waals surface area contributed by atoms with Crippen molar-refractivity contribution in [1.82, 2.24) is 0 Å². The molecule has 0 aromatic heterocycles. The first kappa shape index (κ1) is 11.5. The summed E-state index contributed by atoms with van der Waals surface area (Å²) in [7, 11) is 1.29. The number of hydrogen-bond donors (Lipinski definition) is 0. The van der Waals surface area contributed by atoms with E-state index in [1.54, 1.807) is 24.3 Å². The highest BCUT2D eigenvalue weighted by atomic mass is 35.5. The minimum Gasteiger partial charge on any atom is -0.466 e. The predicted molar refractivity (Wildman–Crippen MR) is 57.0 cm³/mol. The zero-order chi connectivity index (χ0) is 11.1. The third kappa shape index (κ3) is 4.46. The lowest BCUT2D eigenvalue weighted by molar-refractivity contribution is -0.145. The molecule has 80 valence electrons. The summed E-state index contributed by atoms with van der Waals surface area (Å²) in [6.45, 7) is -0.194. The fraction of sp³-hybridized carbons (Fsp3) is 0.200. The largest absolute Gasteiger partial charge is 0.466 e. The molecule has 15 heavy (non-hydrogen) atoms. The van der Waals surface area contributed by atoms with Crippen molar-refractivity contribution in [2.45, 2.75) is 0 Å². The summed E-state index contributed by atoms with van der Waals surface area (Å²) in [6, 6.07) is 7.05. The molecule has 0 aliphatic rings. The third-order valence-electron chi connectivity index (χ3n) is 1.56. The van der Waals surface area contributed by atoms with Gasteiger partial charge in [0.1, 0.15) is 0 Å². The van der Waals surface area contributed by atoms with Crippen LogP contribution in [0.4, 0.5) is 0 Å². The van der Waals surface area contributed by atoms with Crippen LogP contribution in [-0.2, 0) is 14.4 Å². The standard InChI is InChI=1S/C10H10ClNO3/c1-14-10(13)7-15-12-6-8-2-4-9(11)5-3-8/h2-6H,7H2,1H3/b12-6+. The van der Waals surface area contributed by atoms with Crippen molar-refractivity contribution in [1.29, 1.82) is 0 Å². The Morgan fingerprint density at radius 1 is 1.47 bits per heavy atom. The number of carbonyl (C=O) groups is 1. The molecule has 0 saturated carbocycles. The number of hydrogen-bond acceptors (Lipinski definition) is 4. The first-order valence-electron chi connectivity index (χ1n) is 4.20. The normalized spacial score (nSPS) is 10.3. The molecular weight excluding hydrogens is 218 g/mol. The molecule has 0 radical (unpaired) electrons. The number of esters is 1. The number of ether oxygens (including phenoxy) is 1. The van der Waals surface area contributed by atoms with Crippen LogP contribution in [0.1, 0.15) is 5.56 Å². The number of halogens is 1. The highest BCUT2D eigenvalue weighted by Crippen LogP contribution is 2.07. The van der Waals surface area contributed by atoms with Gasteiger partial charge in [0.05, 0.1) is 13.3 Å². The minimum atomic E-state index is -0.469. The number of nitrogens with zero attached hydrogens (tertiary/aromatic N) is 1. The molecule has 0 atom stereocenters. The van der Waals surface area contributed by atoms with Gasteiger partial charge >= 0.3 is 5.97 Å². The van der Waals surface area contributed by atoms with Crippen molar-refractivity contribution >= 4 is 23.8 Å². The van der Waals surface area contributed by atoms with Crippen molar-refractivity contribution in [3.63, 3.8) is 0 Å².